The molecule has 1 aliphatic heterocycles. The molecule has 1 atom stereocenters. The van der Waals surface area contributed by atoms with E-state index < -0.39 is 29.5 Å². The van der Waals surface area contributed by atoms with Gasteiger partial charge < -0.3 is 16.0 Å². The van der Waals surface area contributed by atoms with Crippen molar-refractivity contribution < 1.29 is 14.0 Å². The number of fused-ring (bicyclic) bond motifs is 1. The Morgan fingerprint density at radius 1 is 1.18 bits per heavy atom. The molecule has 1 unspecified atom stereocenters. The first-order valence-corrected chi connectivity index (χ1v) is 10.8. The molecule has 0 bridgehead atoms. The van der Waals surface area contributed by atoms with Gasteiger partial charge in [0, 0.05) is 12.6 Å². The number of rotatable bonds is 4. The Kier molecular flexibility index (Phi) is 5.99. The zero-order valence-corrected chi connectivity index (χ0v) is 18.8. The summed E-state index contributed by atoms with van der Waals surface area (Å²) < 4.78 is 16.6. The quantitative estimate of drug-likeness (QED) is 0.611. The number of benzene rings is 2. The van der Waals surface area contributed by atoms with E-state index >= 15 is 0 Å². The fourth-order valence-corrected chi connectivity index (χ4v) is 4.28. The van der Waals surface area contributed by atoms with Crippen LogP contribution in [0, 0.1) is 5.82 Å². The second-order valence-electron chi connectivity index (χ2n) is 8.16. The second kappa shape index (κ2) is 8.74. The van der Waals surface area contributed by atoms with Crippen LogP contribution in [0.15, 0.2) is 53.3 Å². The van der Waals surface area contributed by atoms with E-state index in [1.807, 2.05) is 13.8 Å². The highest BCUT2D eigenvalue weighted by Crippen LogP contribution is 2.31. The summed E-state index contributed by atoms with van der Waals surface area (Å²) in [6.45, 7) is 3.65. The van der Waals surface area contributed by atoms with Crippen molar-refractivity contribution in [2.24, 2.45) is 5.73 Å². The van der Waals surface area contributed by atoms with Gasteiger partial charge in [-0.15, -0.1) is 0 Å². The minimum Gasteiger partial charge on any atom is -0.351 e. The maximum absolute atomic E-state index is 13.8. The molecule has 10 heteroatoms. The lowest BCUT2D eigenvalue weighted by molar-refractivity contribution is 0.0932. The van der Waals surface area contributed by atoms with Crippen LogP contribution in [0.5, 0.6) is 0 Å². The maximum atomic E-state index is 13.8. The Labute approximate surface area is 194 Å². The molecule has 1 aliphatic rings. The van der Waals surface area contributed by atoms with E-state index in [1.165, 1.54) is 32.2 Å². The van der Waals surface area contributed by atoms with E-state index in [2.05, 4.69) is 5.32 Å². The zero-order valence-electron chi connectivity index (χ0n) is 18.1. The van der Waals surface area contributed by atoms with Crippen molar-refractivity contribution in [2.75, 3.05) is 6.54 Å². The average Bonchev–Trinajstić information content (AvgIpc) is 3.07. The number of hydrogen-bond acceptors (Lipinski definition) is 3. The van der Waals surface area contributed by atoms with Crippen molar-refractivity contribution in [3.63, 3.8) is 0 Å². The molecule has 0 saturated carbocycles. The molecule has 1 aromatic heterocycles. The number of primary amides is 1. The van der Waals surface area contributed by atoms with Crippen molar-refractivity contribution in [3.05, 3.63) is 86.8 Å². The van der Waals surface area contributed by atoms with Crippen molar-refractivity contribution in [2.45, 2.75) is 32.5 Å². The molecule has 172 valence electrons. The number of para-hydroxylation sites is 1. The maximum Gasteiger partial charge on any atom is 0.334 e. The lowest BCUT2D eigenvalue weighted by atomic mass is 10.0. The molecule has 0 aliphatic carbocycles. The largest absolute Gasteiger partial charge is 0.351 e. The molecule has 0 fully saturated rings. The zero-order chi connectivity index (χ0) is 23.9. The van der Waals surface area contributed by atoms with Crippen LogP contribution >= 0.6 is 11.6 Å². The van der Waals surface area contributed by atoms with Gasteiger partial charge in [0.1, 0.15) is 11.5 Å². The summed E-state index contributed by atoms with van der Waals surface area (Å²) in [6.07, 6.45) is 0. The summed E-state index contributed by atoms with van der Waals surface area (Å²) in [7, 11) is 0. The van der Waals surface area contributed by atoms with E-state index in [4.69, 9.17) is 17.3 Å². The van der Waals surface area contributed by atoms with Crippen LogP contribution in [0.2, 0.25) is 5.02 Å². The predicted molar refractivity (Wildman–Crippen MR) is 122 cm³/mol. The molecule has 2 heterocycles. The fraction of sp³-hybridized carbons (Fsp3) is 0.261. The van der Waals surface area contributed by atoms with Gasteiger partial charge in [0.15, 0.2) is 0 Å². The summed E-state index contributed by atoms with van der Waals surface area (Å²) in [5.41, 5.74) is 6.59. The minimum absolute atomic E-state index is 0.0311. The number of nitrogens with two attached hydrogens (primary N) is 1. The smallest absolute Gasteiger partial charge is 0.334 e. The highest BCUT2D eigenvalue weighted by molar-refractivity contribution is 6.30. The number of amides is 3. The third-order valence-corrected chi connectivity index (χ3v) is 5.81. The van der Waals surface area contributed by atoms with E-state index in [-0.39, 0.29) is 29.8 Å². The SMILES string of the molecule is CC(C)NC(=O)c1c2n(c(=O)n1-c1ccccc1)C(c1ccc(F)c(Cl)c1)CN(C(N)=O)C2. The average molecular weight is 472 g/mol. The van der Waals surface area contributed by atoms with Crippen LogP contribution < -0.4 is 16.7 Å². The summed E-state index contributed by atoms with van der Waals surface area (Å²) in [5.74, 6) is -1.06. The number of halogens is 2. The Bertz CT molecular complexity index is 1290. The van der Waals surface area contributed by atoms with Gasteiger partial charge in [0.2, 0.25) is 0 Å². The fourth-order valence-electron chi connectivity index (χ4n) is 4.09. The third-order valence-electron chi connectivity index (χ3n) is 5.52. The normalized spacial score (nSPS) is 15.4. The molecule has 3 amide bonds. The predicted octanol–water partition coefficient (Wildman–Crippen LogP) is 3.05. The van der Waals surface area contributed by atoms with Gasteiger partial charge in [-0.3, -0.25) is 13.9 Å². The highest BCUT2D eigenvalue weighted by atomic mass is 35.5. The summed E-state index contributed by atoms with van der Waals surface area (Å²) >= 11 is 6.00. The van der Waals surface area contributed by atoms with Gasteiger partial charge in [0.25, 0.3) is 5.91 Å². The molecule has 0 spiro atoms. The molecule has 4 rings (SSSR count). The number of carbonyl (C=O) groups excluding carboxylic acids is 2. The molecule has 33 heavy (non-hydrogen) atoms. The van der Waals surface area contributed by atoms with Crippen LogP contribution in [-0.4, -0.2) is 38.6 Å². The summed E-state index contributed by atoms with van der Waals surface area (Å²) in [4.78, 5) is 40.5. The topological polar surface area (TPSA) is 102 Å². The van der Waals surface area contributed by atoms with Gasteiger partial charge in [-0.05, 0) is 43.7 Å². The Morgan fingerprint density at radius 2 is 1.88 bits per heavy atom. The molecule has 8 nitrogen and oxygen atoms in total. The molecular weight excluding hydrogens is 449 g/mol. The van der Waals surface area contributed by atoms with Crippen LogP contribution in [0.25, 0.3) is 5.69 Å². The Morgan fingerprint density at radius 3 is 2.48 bits per heavy atom. The molecule has 0 saturated heterocycles. The van der Waals surface area contributed by atoms with Crippen molar-refractivity contribution in [1.82, 2.24) is 19.4 Å². The number of imidazole rings is 1. The van der Waals surface area contributed by atoms with E-state index in [0.717, 1.165) is 0 Å². The number of urea groups is 1. The molecule has 0 radical (unpaired) electrons. The molecule has 3 aromatic rings. The monoisotopic (exact) mass is 471 g/mol. The van der Waals surface area contributed by atoms with Crippen LogP contribution in [0.4, 0.5) is 9.18 Å². The molecule has 3 N–H and O–H groups in total. The highest BCUT2D eigenvalue weighted by Gasteiger charge is 2.37. The summed E-state index contributed by atoms with van der Waals surface area (Å²) in [6, 6.07) is 11.3. The van der Waals surface area contributed by atoms with Gasteiger partial charge in [-0.2, -0.15) is 0 Å². The molecule has 2 aromatic carbocycles. The van der Waals surface area contributed by atoms with Crippen LogP contribution in [0.1, 0.15) is 41.6 Å². The standard InChI is InChI=1S/C23H23ClFN5O3/c1-13(2)27-21(31)20-19-12-28(22(26)32)11-18(14-8-9-17(25)16(24)10-14)30(19)23(33)29(20)15-6-4-3-5-7-15/h3-10,13,18H,11-12H2,1-2H3,(H2,26,32)(H,27,31). The number of aromatic nitrogens is 2. The Hall–Kier alpha value is -3.59. The van der Waals surface area contributed by atoms with E-state index in [1.54, 1.807) is 30.3 Å². The third kappa shape index (κ3) is 4.11. The lowest BCUT2D eigenvalue weighted by Crippen LogP contribution is -2.46. The summed E-state index contributed by atoms with van der Waals surface area (Å²) in [5, 5.41) is 2.72. The first kappa shape index (κ1) is 22.6. The lowest BCUT2D eigenvalue weighted by Gasteiger charge is -2.33. The second-order valence-corrected chi connectivity index (χ2v) is 8.56. The van der Waals surface area contributed by atoms with Gasteiger partial charge >= 0.3 is 11.7 Å². The minimum atomic E-state index is -0.720. The first-order valence-electron chi connectivity index (χ1n) is 10.4. The first-order chi connectivity index (χ1) is 15.7. The van der Waals surface area contributed by atoms with Gasteiger partial charge in [0.05, 0.1) is 29.0 Å². The van der Waals surface area contributed by atoms with Gasteiger partial charge in [-0.1, -0.05) is 35.9 Å². The van der Waals surface area contributed by atoms with Crippen LogP contribution in [0.3, 0.4) is 0 Å². The van der Waals surface area contributed by atoms with Gasteiger partial charge in [-0.25, -0.2) is 14.0 Å². The van der Waals surface area contributed by atoms with E-state index in [0.29, 0.717) is 16.9 Å². The number of nitrogens with zero attached hydrogens (tertiary/aromatic N) is 3. The Balaban J connectivity index is 2.01. The number of nitrogens with one attached hydrogen (secondary N) is 1. The van der Waals surface area contributed by atoms with Crippen molar-refractivity contribution in [3.8, 4) is 5.69 Å². The molecular formula is C23H23ClFN5O3. The van der Waals surface area contributed by atoms with Crippen molar-refractivity contribution >= 4 is 23.5 Å². The van der Waals surface area contributed by atoms with Crippen molar-refractivity contribution in [1.29, 1.82) is 0 Å². The number of carbonyl (C=O) groups is 2. The van der Waals surface area contributed by atoms with E-state index in [9.17, 15) is 18.8 Å². The number of hydrogen-bond donors (Lipinski definition) is 2. The van der Waals surface area contributed by atoms with Crippen LogP contribution in [-0.2, 0) is 6.54 Å².